The number of carboxylic acids is 1. The summed E-state index contributed by atoms with van der Waals surface area (Å²) in [7, 11) is 1.53. The van der Waals surface area contributed by atoms with E-state index >= 15 is 0 Å². The first-order valence-electron chi connectivity index (χ1n) is 8.64. The van der Waals surface area contributed by atoms with Crippen molar-refractivity contribution in [3.05, 3.63) is 65.5 Å². The topological polar surface area (TPSA) is 75.6 Å². The van der Waals surface area contributed by atoms with Gasteiger partial charge < -0.3 is 15.2 Å². The number of carboxylic acid groups (broad SMARTS) is 1. The van der Waals surface area contributed by atoms with Crippen LogP contribution >= 0.6 is 0 Å². The molecular formula is C21H24FNO4. The molecule has 0 saturated heterocycles. The second-order valence-corrected chi connectivity index (χ2v) is 6.89. The van der Waals surface area contributed by atoms with Crippen molar-refractivity contribution in [3.8, 4) is 5.75 Å². The minimum absolute atomic E-state index is 0.0170. The van der Waals surface area contributed by atoms with Crippen molar-refractivity contribution in [3.63, 3.8) is 0 Å². The highest BCUT2D eigenvalue weighted by Crippen LogP contribution is 2.24. The molecule has 0 aliphatic heterocycles. The van der Waals surface area contributed by atoms with Crippen LogP contribution in [0.5, 0.6) is 5.75 Å². The van der Waals surface area contributed by atoms with Crippen molar-refractivity contribution in [2.45, 2.75) is 25.7 Å². The first-order valence-corrected chi connectivity index (χ1v) is 8.64. The van der Waals surface area contributed by atoms with E-state index in [9.17, 15) is 19.1 Å². The van der Waals surface area contributed by atoms with Gasteiger partial charge in [-0.05, 0) is 49.6 Å². The summed E-state index contributed by atoms with van der Waals surface area (Å²) in [6, 6.07) is 12.9. The van der Waals surface area contributed by atoms with Gasteiger partial charge in [-0.15, -0.1) is 0 Å². The SMILES string of the molecule is COc1ccccc1CC(CNC(=O)C(C)(C)c1ccc(F)cc1)C(=O)O. The van der Waals surface area contributed by atoms with E-state index in [1.807, 2.05) is 12.1 Å². The largest absolute Gasteiger partial charge is 0.496 e. The highest BCUT2D eigenvalue weighted by atomic mass is 19.1. The Bertz CT molecular complexity index is 802. The molecule has 2 N–H and O–H groups in total. The smallest absolute Gasteiger partial charge is 0.308 e. The minimum Gasteiger partial charge on any atom is -0.496 e. The zero-order valence-corrected chi connectivity index (χ0v) is 15.7. The lowest BCUT2D eigenvalue weighted by atomic mass is 9.83. The molecule has 0 heterocycles. The Hall–Kier alpha value is -2.89. The van der Waals surface area contributed by atoms with Gasteiger partial charge in [0, 0.05) is 6.54 Å². The maximum atomic E-state index is 13.1. The number of carbonyl (C=O) groups excluding carboxylic acids is 1. The fraction of sp³-hybridized carbons (Fsp3) is 0.333. The molecule has 5 nitrogen and oxygen atoms in total. The number of hydrogen-bond acceptors (Lipinski definition) is 3. The lowest BCUT2D eigenvalue weighted by molar-refractivity contribution is -0.141. The van der Waals surface area contributed by atoms with Crippen molar-refractivity contribution in [1.82, 2.24) is 5.32 Å². The molecule has 0 aromatic heterocycles. The molecule has 1 amide bonds. The second kappa shape index (κ2) is 8.66. The Labute approximate surface area is 158 Å². The molecule has 2 rings (SSSR count). The summed E-state index contributed by atoms with van der Waals surface area (Å²) in [5, 5.41) is 12.2. The molecule has 2 aromatic rings. The molecule has 1 unspecified atom stereocenters. The number of para-hydroxylation sites is 1. The maximum absolute atomic E-state index is 13.1. The molecule has 144 valence electrons. The number of amides is 1. The Kier molecular flexibility index (Phi) is 6.55. The first-order chi connectivity index (χ1) is 12.8. The quantitative estimate of drug-likeness (QED) is 0.745. The summed E-state index contributed by atoms with van der Waals surface area (Å²) < 4.78 is 18.4. The molecule has 0 radical (unpaired) electrons. The van der Waals surface area contributed by atoms with E-state index < -0.39 is 17.3 Å². The molecule has 1 atom stereocenters. The van der Waals surface area contributed by atoms with Crippen LogP contribution in [0.1, 0.15) is 25.0 Å². The van der Waals surface area contributed by atoms with E-state index in [-0.39, 0.29) is 24.7 Å². The fourth-order valence-corrected chi connectivity index (χ4v) is 2.82. The van der Waals surface area contributed by atoms with E-state index in [0.717, 1.165) is 5.56 Å². The summed E-state index contributed by atoms with van der Waals surface area (Å²) in [6.07, 6.45) is 0.233. The number of halogens is 1. The summed E-state index contributed by atoms with van der Waals surface area (Å²) in [5.74, 6) is -1.88. The van der Waals surface area contributed by atoms with E-state index in [1.54, 1.807) is 38.1 Å². The van der Waals surface area contributed by atoms with Gasteiger partial charge in [0.1, 0.15) is 11.6 Å². The zero-order valence-electron chi connectivity index (χ0n) is 15.7. The van der Waals surface area contributed by atoms with Gasteiger partial charge in [-0.1, -0.05) is 30.3 Å². The minimum atomic E-state index is -0.999. The molecule has 0 aliphatic rings. The number of nitrogens with one attached hydrogen (secondary N) is 1. The zero-order chi connectivity index (χ0) is 20.0. The molecule has 0 spiro atoms. The molecule has 0 aliphatic carbocycles. The Morgan fingerprint density at radius 2 is 1.78 bits per heavy atom. The van der Waals surface area contributed by atoms with Gasteiger partial charge in [0.2, 0.25) is 5.91 Å². The van der Waals surface area contributed by atoms with Crippen LogP contribution < -0.4 is 10.1 Å². The molecule has 2 aromatic carbocycles. The van der Waals surface area contributed by atoms with E-state index in [1.165, 1.54) is 19.2 Å². The van der Waals surface area contributed by atoms with Gasteiger partial charge in [-0.3, -0.25) is 9.59 Å². The van der Waals surface area contributed by atoms with Gasteiger partial charge in [-0.25, -0.2) is 4.39 Å². The van der Waals surface area contributed by atoms with Crippen LogP contribution in [-0.2, 0) is 21.4 Å². The third-order valence-corrected chi connectivity index (χ3v) is 4.65. The van der Waals surface area contributed by atoms with Crippen molar-refractivity contribution >= 4 is 11.9 Å². The fourth-order valence-electron chi connectivity index (χ4n) is 2.82. The average Bonchev–Trinajstić information content (AvgIpc) is 2.65. The van der Waals surface area contributed by atoms with E-state index in [2.05, 4.69) is 5.32 Å². The van der Waals surface area contributed by atoms with Crippen molar-refractivity contribution in [1.29, 1.82) is 0 Å². The lowest BCUT2D eigenvalue weighted by Crippen LogP contribution is -2.43. The summed E-state index contributed by atoms with van der Waals surface area (Å²) in [5.41, 5.74) is 0.499. The normalized spacial score (nSPS) is 12.3. The van der Waals surface area contributed by atoms with Gasteiger partial charge in [-0.2, -0.15) is 0 Å². The van der Waals surface area contributed by atoms with Crippen LogP contribution in [0.3, 0.4) is 0 Å². The van der Waals surface area contributed by atoms with Gasteiger partial charge in [0.15, 0.2) is 0 Å². The van der Waals surface area contributed by atoms with Crippen molar-refractivity contribution in [2.75, 3.05) is 13.7 Å². The standard InChI is InChI=1S/C21H24FNO4/c1-21(2,16-8-10-17(22)11-9-16)20(26)23-13-15(19(24)25)12-14-6-4-5-7-18(14)27-3/h4-11,15H,12-13H2,1-3H3,(H,23,26)(H,24,25). The number of rotatable bonds is 8. The number of benzene rings is 2. The first kappa shape index (κ1) is 20.4. The summed E-state index contributed by atoms with van der Waals surface area (Å²) in [4.78, 5) is 24.3. The number of ether oxygens (including phenoxy) is 1. The molecular weight excluding hydrogens is 349 g/mol. The van der Waals surface area contributed by atoms with Crippen LogP contribution in [-0.4, -0.2) is 30.6 Å². The number of aliphatic carboxylic acids is 1. The Balaban J connectivity index is 2.07. The van der Waals surface area contributed by atoms with Crippen LogP contribution in [0.4, 0.5) is 4.39 Å². The number of carbonyl (C=O) groups is 2. The maximum Gasteiger partial charge on any atom is 0.308 e. The lowest BCUT2D eigenvalue weighted by Gasteiger charge is -2.25. The average molecular weight is 373 g/mol. The monoisotopic (exact) mass is 373 g/mol. The molecule has 27 heavy (non-hydrogen) atoms. The Morgan fingerprint density at radius 3 is 2.37 bits per heavy atom. The predicted octanol–water partition coefficient (Wildman–Crippen LogP) is 3.17. The molecule has 6 heteroatoms. The second-order valence-electron chi connectivity index (χ2n) is 6.89. The van der Waals surface area contributed by atoms with E-state index in [0.29, 0.717) is 11.3 Å². The van der Waals surface area contributed by atoms with E-state index in [4.69, 9.17) is 4.74 Å². The third kappa shape index (κ3) is 5.06. The van der Waals surface area contributed by atoms with Crippen LogP contribution in [0, 0.1) is 11.7 Å². The highest BCUT2D eigenvalue weighted by molar-refractivity contribution is 5.87. The molecule has 0 fully saturated rings. The van der Waals surface area contributed by atoms with Gasteiger partial charge in [0.05, 0.1) is 18.4 Å². The van der Waals surface area contributed by atoms with Gasteiger partial charge >= 0.3 is 5.97 Å². The number of hydrogen-bond donors (Lipinski definition) is 2. The third-order valence-electron chi connectivity index (χ3n) is 4.65. The summed E-state index contributed by atoms with van der Waals surface area (Å²) in [6.45, 7) is 3.41. The number of methoxy groups -OCH3 is 1. The van der Waals surface area contributed by atoms with Crippen LogP contribution in [0.25, 0.3) is 0 Å². The summed E-state index contributed by atoms with van der Waals surface area (Å²) >= 11 is 0. The van der Waals surface area contributed by atoms with Crippen LogP contribution in [0.2, 0.25) is 0 Å². The molecule has 0 bridgehead atoms. The highest BCUT2D eigenvalue weighted by Gasteiger charge is 2.31. The van der Waals surface area contributed by atoms with Gasteiger partial charge in [0.25, 0.3) is 0 Å². The van der Waals surface area contributed by atoms with Crippen molar-refractivity contribution in [2.24, 2.45) is 5.92 Å². The molecule has 0 saturated carbocycles. The Morgan fingerprint density at radius 1 is 1.15 bits per heavy atom. The predicted molar refractivity (Wildman–Crippen MR) is 100 cm³/mol. The van der Waals surface area contributed by atoms with Crippen molar-refractivity contribution < 1.29 is 23.8 Å². The van der Waals surface area contributed by atoms with Crippen LogP contribution in [0.15, 0.2) is 48.5 Å².